The van der Waals surface area contributed by atoms with Crippen molar-refractivity contribution in [3.05, 3.63) is 59.7 Å². The fourth-order valence-electron chi connectivity index (χ4n) is 3.46. The Morgan fingerprint density at radius 3 is 2.46 bits per heavy atom. The number of amides is 1. The third-order valence-electron chi connectivity index (χ3n) is 4.73. The summed E-state index contributed by atoms with van der Waals surface area (Å²) in [6, 6.07) is 15.3. The van der Waals surface area contributed by atoms with Gasteiger partial charge >= 0.3 is 0 Å². The normalized spacial score (nSPS) is 16.4. The Bertz CT molecular complexity index is 907. The van der Waals surface area contributed by atoms with Gasteiger partial charge in [0.05, 0.1) is 11.9 Å². The number of nitrogens with zero attached hydrogens (tertiary/aromatic N) is 2. The van der Waals surface area contributed by atoms with E-state index in [0.717, 1.165) is 23.2 Å². The van der Waals surface area contributed by atoms with Gasteiger partial charge in [0, 0.05) is 24.7 Å². The molecule has 6 heteroatoms. The molecule has 1 heterocycles. The molecule has 0 radical (unpaired) electrons. The molecule has 0 bridgehead atoms. The zero-order valence-electron chi connectivity index (χ0n) is 15.3. The molecule has 1 unspecified atom stereocenters. The first-order valence-electron chi connectivity index (χ1n) is 8.71. The van der Waals surface area contributed by atoms with E-state index in [2.05, 4.69) is 0 Å². The number of carbonyl (C=O) groups is 1. The minimum atomic E-state index is -3.46. The molecule has 0 aliphatic carbocycles. The number of benzene rings is 2. The smallest absolute Gasteiger partial charge is 0.232 e. The van der Waals surface area contributed by atoms with Crippen molar-refractivity contribution in [2.24, 2.45) is 0 Å². The van der Waals surface area contributed by atoms with Crippen LogP contribution in [0.15, 0.2) is 48.5 Å². The molecule has 0 saturated heterocycles. The highest BCUT2D eigenvalue weighted by Crippen LogP contribution is 2.32. The standard InChI is InChI=1S/C20H24N2O3S/c1-15-8-10-18(11-9-15)21(26(3,24)25)13-12-20(23)22-16(2)14-17-6-4-5-7-19(17)22/h4-11,16H,12-14H2,1-3H3. The number of rotatable bonds is 5. The Morgan fingerprint density at radius 2 is 1.81 bits per heavy atom. The topological polar surface area (TPSA) is 57.7 Å². The van der Waals surface area contributed by atoms with Crippen molar-refractivity contribution >= 4 is 27.3 Å². The maximum atomic E-state index is 12.8. The molecule has 0 saturated carbocycles. The van der Waals surface area contributed by atoms with E-state index in [4.69, 9.17) is 0 Å². The van der Waals surface area contributed by atoms with E-state index < -0.39 is 10.0 Å². The van der Waals surface area contributed by atoms with Crippen LogP contribution in [0.2, 0.25) is 0 Å². The number of hydrogen-bond acceptors (Lipinski definition) is 3. The summed E-state index contributed by atoms with van der Waals surface area (Å²) in [6.45, 7) is 4.10. The van der Waals surface area contributed by atoms with Gasteiger partial charge in [-0.3, -0.25) is 9.10 Å². The summed E-state index contributed by atoms with van der Waals surface area (Å²) in [6.07, 6.45) is 2.14. The molecule has 1 atom stereocenters. The SMILES string of the molecule is Cc1ccc(N(CCC(=O)N2c3ccccc3CC2C)S(C)(=O)=O)cc1. The molecule has 1 amide bonds. The molecule has 1 aliphatic heterocycles. The summed E-state index contributed by atoms with van der Waals surface area (Å²) in [4.78, 5) is 14.6. The fraction of sp³-hybridized carbons (Fsp3) is 0.350. The van der Waals surface area contributed by atoms with Crippen LogP contribution < -0.4 is 9.21 Å². The van der Waals surface area contributed by atoms with Gasteiger partial charge in [0.2, 0.25) is 15.9 Å². The number of fused-ring (bicyclic) bond motifs is 1. The summed E-state index contributed by atoms with van der Waals surface area (Å²) < 4.78 is 25.7. The Hall–Kier alpha value is -2.34. The Labute approximate surface area is 155 Å². The summed E-state index contributed by atoms with van der Waals surface area (Å²) in [7, 11) is -3.46. The van der Waals surface area contributed by atoms with Crippen LogP contribution in [-0.4, -0.2) is 33.2 Å². The van der Waals surface area contributed by atoms with Crippen molar-refractivity contribution < 1.29 is 13.2 Å². The molecule has 26 heavy (non-hydrogen) atoms. The van der Waals surface area contributed by atoms with E-state index in [1.165, 1.54) is 10.6 Å². The molecule has 1 aliphatic rings. The van der Waals surface area contributed by atoms with Crippen LogP contribution in [0, 0.1) is 6.92 Å². The van der Waals surface area contributed by atoms with Gasteiger partial charge < -0.3 is 4.90 Å². The van der Waals surface area contributed by atoms with E-state index in [0.29, 0.717) is 5.69 Å². The molecule has 0 spiro atoms. The largest absolute Gasteiger partial charge is 0.309 e. The summed E-state index contributed by atoms with van der Waals surface area (Å²) in [5.41, 5.74) is 3.74. The summed E-state index contributed by atoms with van der Waals surface area (Å²) in [5.74, 6) is -0.0526. The first-order valence-corrected chi connectivity index (χ1v) is 10.6. The monoisotopic (exact) mass is 372 g/mol. The van der Waals surface area contributed by atoms with Gasteiger partial charge in [0.1, 0.15) is 0 Å². The predicted molar refractivity (Wildman–Crippen MR) is 105 cm³/mol. The zero-order valence-corrected chi connectivity index (χ0v) is 16.2. The molecule has 0 N–H and O–H groups in total. The van der Waals surface area contributed by atoms with E-state index >= 15 is 0 Å². The van der Waals surface area contributed by atoms with Crippen LogP contribution >= 0.6 is 0 Å². The second kappa shape index (κ2) is 7.11. The van der Waals surface area contributed by atoms with Crippen LogP contribution in [0.4, 0.5) is 11.4 Å². The quantitative estimate of drug-likeness (QED) is 0.810. The lowest BCUT2D eigenvalue weighted by atomic mass is 10.1. The first-order chi connectivity index (χ1) is 12.3. The maximum absolute atomic E-state index is 12.8. The maximum Gasteiger partial charge on any atom is 0.232 e. The Kier molecular flexibility index (Phi) is 5.05. The van der Waals surface area contributed by atoms with E-state index in [9.17, 15) is 13.2 Å². The van der Waals surface area contributed by atoms with E-state index in [1.807, 2.05) is 50.2 Å². The number of sulfonamides is 1. The molecule has 5 nitrogen and oxygen atoms in total. The van der Waals surface area contributed by atoms with Crippen LogP contribution in [0.3, 0.4) is 0 Å². The van der Waals surface area contributed by atoms with Gasteiger partial charge in [0.25, 0.3) is 0 Å². The van der Waals surface area contributed by atoms with Crippen molar-refractivity contribution in [3.63, 3.8) is 0 Å². The molecular formula is C20H24N2O3S. The molecule has 0 fully saturated rings. The number of para-hydroxylation sites is 1. The van der Waals surface area contributed by atoms with Crippen molar-refractivity contribution in [2.45, 2.75) is 32.7 Å². The van der Waals surface area contributed by atoms with Gasteiger partial charge in [-0.25, -0.2) is 8.42 Å². The fourth-order valence-corrected chi connectivity index (χ4v) is 4.39. The van der Waals surface area contributed by atoms with Crippen molar-refractivity contribution in [1.82, 2.24) is 0 Å². The highest BCUT2D eigenvalue weighted by molar-refractivity contribution is 7.92. The van der Waals surface area contributed by atoms with E-state index in [-0.39, 0.29) is 24.9 Å². The molecule has 3 rings (SSSR count). The lowest BCUT2D eigenvalue weighted by molar-refractivity contribution is -0.118. The number of carbonyl (C=O) groups excluding carboxylic acids is 1. The second-order valence-corrected chi connectivity index (χ2v) is 8.77. The van der Waals surface area contributed by atoms with Crippen LogP contribution in [0.5, 0.6) is 0 Å². The highest BCUT2D eigenvalue weighted by atomic mass is 32.2. The average Bonchev–Trinajstić information content (AvgIpc) is 2.91. The third-order valence-corrected chi connectivity index (χ3v) is 5.92. The van der Waals surface area contributed by atoms with Crippen molar-refractivity contribution in [2.75, 3.05) is 22.0 Å². The lowest BCUT2D eigenvalue weighted by Gasteiger charge is -2.26. The van der Waals surface area contributed by atoms with Crippen LogP contribution in [-0.2, 0) is 21.2 Å². The molecule has 138 valence electrons. The Morgan fingerprint density at radius 1 is 1.15 bits per heavy atom. The summed E-state index contributed by atoms with van der Waals surface area (Å²) in [5, 5.41) is 0. The number of anilines is 2. The van der Waals surface area contributed by atoms with E-state index in [1.54, 1.807) is 17.0 Å². The molecular weight excluding hydrogens is 348 g/mol. The first kappa shape index (κ1) is 18.5. The Balaban J connectivity index is 1.77. The average molecular weight is 372 g/mol. The lowest BCUT2D eigenvalue weighted by Crippen LogP contribution is -2.39. The predicted octanol–water partition coefficient (Wildman–Crippen LogP) is 3.13. The van der Waals surface area contributed by atoms with Gasteiger partial charge in [-0.2, -0.15) is 0 Å². The highest BCUT2D eigenvalue weighted by Gasteiger charge is 2.31. The number of hydrogen-bond donors (Lipinski definition) is 0. The second-order valence-electron chi connectivity index (χ2n) is 6.87. The third kappa shape index (κ3) is 3.75. The van der Waals surface area contributed by atoms with Gasteiger partial charge in [-0.15, -0.1) is 0 Å². The summed E-state index contributed by atoms with van der Waals surface area (Å²) >= 11 is 0. The van der Waals surface area contributed by atoms with Gasteiger partial charge in [0.15, 0.2) is 0 Å². The molecule has 0 aromatic heterocycles. The number of aryl methyl sites for hydroxylation is 1. The van der Waals surface area contributed by atoms with Crippen molar-refractivity contribution in [3.8, 4) is 0 Å². The minimum absolute atomic E-state index is 0.0526. The molecule has 2 aromatic rings. The van der Waals surface area contributed by atoms with Crippen LogP contribution in [0.1, 0.15) is 24.5 Å². The molecule has 2 aromatic carbocycles. The van der Waals surface area contributed by atoms with Gasteiger partial charge in [-0.05, 0) is 44.0 Å². The van der Waals surface area contributed by atoms with Gasteiger partial charge in [-0.1, -0.05) is 35.9 Å². The van der Waals surface area contributed by atoms with Crippen LogP contribution in [0.25, 0.3) is 0 Å². The van der Waals surface area contributed by atoms with Crippen molar-refractivity contribution in [1.29, 1.82) is 0 Å². The minimum Gasteiger partial charge on any atom is -0.309 e. The zero-order chi connectivity index (χ0) is 18.9.